The highest BCUT2D eigenvalue weighted by Gasteiger charge is 2.21. The van der Waals surface area contributed by atoms with E-state index in [0.29, 0.717) is 30.3 Å². The largest absolute Gasteiger partial charge is 0.493 e. The van der Waals surface area contributed by atoms with Crippen molar-refractivity contribution in [3.05, 3.63) is 48.5 Å². The molecule has 1 atom stereocenters. The van der Waals surface area contributed by atoms with Crippen LogP contribution in [0.25, 0.3) is 0 Å². The smallest absolute Gasteiger partial charge is 0.238 e. The van der Waals surface area contributed by atoms with Crippen molar-refractivity contribution in [1.82, 2.24) is 9.80 Å². The molecule has 1 fully saturated rings. The molecule has 1 aliphatic heterocycles. The summed E-state index contributed by atoms with van der Waals surface area (Å²) in [4.78, 5) is 29.7. The number of piperazine rings is 1. The predicted molar refractivity (Wildman–Crippen MR) is 132 cm³/mol. The Balaban J connectivity index is 1.36. The number of benzene rings is 2. The lowest BCUT2D eigenvalue weighted by Crippen LogP contribution is -2.50. The number of nitrogens with zero attached hydrogens (tertiary/aromatic N) is 3. The van der Waals surface area contributed by atoms with E-state index in [4.69, 9.17) is 9.47 Å². The second kappa shape index (κ2) is 12.4. The van der Waals surface area contributed by atoms with Crippen molar-refractivity contribution < 1.29 is 24.2 Å². The summed E-state index contributed by atoms with van der Waals surface area (Å²) in [5.74, 6) is 1.13. The maximum Gasteiger partial charge on any atom is 0.238 e. The van der Waals surface area contributed by atoms with Crippen molar-refractivity contribution in [2.75, 3.05) is 70.2 Å². The minimum absolute atomic E-state index is 0.0487. The van der Waals surface area contributed by atoms with Crippen LogP contribution in [0.15, 0.2) is 48.5 Å². The zero-order valence-corrected chi connectivity index (χ0v) is 20.1. The topological polar surface area (TPSA) is 94.6 Å². The summed E-state index contributed by atoms with van der Waals surface area (Å²) in [6, 6.07) is 14.6. The van der Waals surface area contributed by atoms with Crippen molar-refractivity contribution in [3.8, 4) is 11.5 Å². The van der Waals surface area contributed by atoms with Crippen LogP contribution in [0.2, 0.25) is 0 Å². The summed E-state index contributed by atoms with van der Waals surface area (Å²) < 4.78 is 11.0. The molecule has 184 valence electrons. The molecule has 0 aromatic heterocycles. The SMILES string of the molecule is COc1ccccc1OCC(O)CN1CCN(CC(=O)Nc2ccc(N(C)C(C)=O)cc2)CC1. The summed E-state index contributed by atoms with van der Waals surface area (Å²) in [5.41, 5.74) is 1.47. The van der Waals surface area contributed by atoms with Gasteiger partial charge in [-0.15, -0.1) is 0 Å². The lowest BCUT2D eigenvalue weighted by atomic mass is 10.2. The molecule has 2 N–H and O–H groups in total. The number of ether oxygens (including phenoxy) is 2. The first kappa shape index (κ1) is 25.5. The molecule has 9 nitrogen and oxygen atoms in total. The maximum absolute atomic E-state index is 12.4. The third kappa shape index (κ3) is 7.44. The molecular formula is C25H34N4O5. The Morgan fingerprint density at radius 2 is 1.65 bits per heavy atom. The number of anilines is 2. The number of carbonyl (C=O) groups excluding carboxylic acids is 2. The number of hydrogen-bond donors (Lipinski definition) is 2. The van der Waals surface area contributed by atoms with Crippen LogP contribution in [0.3, 0.4) is 0 Å². The van der Waals surface area contributed by atoms with Crippen molar-refractivity contribution in [3.63, 3.8) is 0 Å². The third-order valence-electron chi connectivity index (χ3n) is 5.81. The van der Waals surface area contributed by atoms with Crippen LogP contribution >= 0.6 is 0 Å². The second-order valence-electron chi connectivity index (χ2n) is 8.37. The molecule has 2 amide bonds. The number of β-amino-alcohol motifs (C(OH)–C–C–N with tert-alkyl or cyclic N) is 1. The fourth-order valence-corrected chi connectivity index (χ4v) is 3.76. The normalized spacial score (nSPS) is 15.4. The zero-order valence-electron chi connectivity index (χ0n) is 20.1. The van der Waals surface area contributed by atoms with Crippen LogP contribution < -0.4 is 19.7 Å². The highest BCUT2D eigenvalue weighted by molar-refractivity contribution is 5.93. The van der Waals surface area contributed by atoms with E-state index in [1.54, 1.807) is 43.3 Å². The van der Waals surface area contributed by atoms with Crippen LogP contribution in [0.1, 0.15) is 6.92 Å². The highest BCUT2D eigenvalue weighted by Crippen LogP contribution is 2.25. The Hall–Kier alpha value is -3.14. The first-order chi connectivity index (χ1) is 16.4. The molecule has 2 aromatic carbocycles. The number of carbonyl (C=O) groups is 2. The Kier molecular flexibility index (Phi) is 9.26. The number of hydrogen-bond acceptors (Lipinski definition) is 7. The number of nitrogens with one attached hydrogen (secondary N) is 1. The average Bonchev–Trinajstić information content (AvgIpc) is 2.84. The van der Waals surface area contributed by atoms with Gasteiger partial charge in [-0.05, 0) is 36.4 Å². The maximum atomic E-state index is 12.4. The van der Waals surface area contributed by atoms with Crippen LogP contribution in [0.4, 0.5) is 11.4 Å². The van der Waals surface area contributed by atoms with Gasteiger partial charge in [0.25, 0.3) is 0 Å². The molecule has 0 saturated carbocycles. The fraction of sp³-hybridized carbons (Fsp3) is 0.440. The van der Waals surface area contributed by atoms with Gasteiger partial charge in [-0.3, -0.25) is 19.4 Å². The number of aliphatic hydroxyl groups is 1. The van der Waals surface area contributed by atoms with E-state index in [-0.39, 0.29) is 18.4 Å². The molecule has 0 spiro atoms. The highest BCUT2D eigenvalue weighted by atomic mass is 16.5. The molecule has 9 heteroatoms. The average molecular weight is 471 g/mol. The summed E-state index contributed by atoms with van der Waals surface area (Å²) in [5, 5.41) is 13.3. The number of rotatable bonds is 10. The Morgan fingerprint density at radius 3 is 2.26 bits per heavy atom. The van der Waals surface area contributed by atoms with Crippen molar-refractivity contribution in [2.24, 2.45) is 0 Å². The van der Waals surface area contributed by atoms with Crippen LogP contribution in [-0.4, -0.2) is 92.9 Å². The van der Waals surface area contributed by atoms with E-state index < -0.39 is 6.10 Å². The van der Waals surface area contributed by atoms with Crippen LogP contribution in [-0.2, 0) is 9.59 Å². The molecule has 34 heavy (non-hydrogen) atoms. The molecule has 0 aliphatic carbocycles. The quantitative estimate of drug-likeness (QED) is 0.546. The standard InChI is InChI=1S/C25H34N4O5/c1-19(30)27(2)21-10-8-20(9-11-21)26-25(32)17-29-14-12-28(13-15-29)16-22(31)18-34-24-7-5-4-6-23(24)33-3/h4-11,22,31H,12-18H2,1-3H3,(H,26,32). The van der Waals surface area contributed by atoms with Gasteiger partial charge in [-0.2, -0.15) is 0 Å². The fourth-order valence-electron chi connectivity index (χ4n) is 3.76. The summed E-state index contributed by atoms with van der Waals surface area (Å²) in [7, 11) is 3.30. The zero-order chi connectivity index (χ0) is 24.5. The van der Waals surface area contributed by atoms with Gasteiger partial charge in [0.05, 0.1) is 13.7 Å². The number of methoxy groups -OCH3 is 1. The molecule has 1 aliphatic rings. The number of aliphatic hydroxyl groups excluding tert-OH is 1. The van der Waals surface area contributed by atoms with E-state index in [0.717, 1.165) is 31.9 Å². The van der Waals surface area contributed by atoms with Gasteiger partial charge in [0.2, 0.25) is 11.8 Å². The van der Waals surface area contributed by atoms with Crippen molar-refractivity contribution in [1.29, 1.82) is 0 Å². The molecule has 1 heterocycles. The van der Waals surface area contributed by atoms with E-state index in [1.807, 2.05) is 24.3 Å². The molecule has 0 bridgehead atoms. The van der Waals surface area contributed by atoms with Gasteiger partial charge < -0.3 is 24.8 Å². The molecule has 0 radical (unpaired) electrons. The second-order valence-corrected chi connectivity index (χ2v) is 8.37. The number of para-hydroxylation sites is 2. The third-order valence-corrected chi connectivity index (χ3v) is 5.81. The van der Waals surface area contributed by atoms with E-state index in [9.17, 15) is 14.7 Å². The molecule has 1 unspecified atom stereocenters. The summed E-state index contributed by atoms with van der Waals surface area (Å²) in [6.45, 7) is 5.54. The van der Waals surface area contributed by atoms with E-state index >= 15 is 0 Å². The number of amides is 2. The molecule has 2 aromatic rings. The predicted octanol–water partition coefficient (Wildman–Crippen LogP) is 1.67. The van der Waals surface area contributed by atoms with Gasteiger partial charge in [0.15, 0.2) is 11.5 Å². The van der Waals surface area contributed by atoms with Gasteiger partial charge >= 0.3 is 0 Å². The minimum Gasteiger partial charge on any atom is -0.493 e. The van der Waals surface area contributed by atoms with Gasteiger partial charge in [-0.25, -0.2) is 0 Å². The Labute approximate surface area is 200 Å². The van der Waals surface area contributed by atoms with Crippen LogP contribution in [0, 0.1) is 0 Å². The van der Waals surface area contributed by atoms with Gasteiger partial charge in [0.1, 0.15) is 12.7 Å². The van der Waals surface area contributed by atoms with E-state index in [1.165, 1.54) is 6.92 Å². The summed E-state index contributed by atoms with van der Waals surface area (Å²) >= 11 is 0. The monoisotopic (exact) mass is 470 g/mol. The molecular weight excluding hydrogens is 436 g/mol. The minimum atomic E-state index is -0.621. The first-order valence-corrected chi connectivity index (χ1v) is 11.4. The first-order valence-electron chi connectivity index (χ1n) is 11.4. The van der Waals surface area contributed by atoms with Gasteiger partial charge in [0, 0.05) is 58.1 Å². The van der Waals surface area contributed by atoms with Crippen molar-refractivity contribution in [2.45, 2.75) is 13.0 Å². The van der Waals surface area contributed by atoms with Crippen LogP contribution in [0.5, 0.6) is 11.5 Å². The lowest BCUT2D eigenvalue weighted by Gasteiger charge is -2.35. The molecule has 1 saturated heterocycles. The van der Waals surface area contributed by atoms with Gasteiger partial charge in [-0.1, -0.05) is 12.1 Å². The Bertz CT molecular complexity index is 945. The van der Waals surface area contributed by atoms with Crippen molar-refractivity contribution >= 4 is 23.2 Å². The Morgan fingerprint density at radius 1 is 1.03 bits per heavy atom. The lowest BCUT2D eigenvalue weighted by molar-refractivity contribution is -0.118. The van der Waals surface area contributed by atoms with E-state index in [2.05, 4.69) is 15.1 Å². The molecule has 3 rings (SSSR count). The summed E-state index contributed by atoms with van der Waals surface area (Å²) in [6.07, 6.45) is -0.621.